The van der Waals surface area contributed by atoms with Crippen LogP contribution in [0.5, 0.6) is 0 Å². The average molecular weight is 508 g/mol. The van der Waals surface area contributed by atoms with Gasteiger partial charge in [0.05, 0.1) is 11.1 Å². The van der Waals surface area contributed by atoms with Gasteiger partial charge in [-0.1, -0.05) is 12.1 Å². The zero-order valence-electron chi connectivity index (χ0n) is 18.7. The first-order valence-electron chi connectivity index (χ1n) is 10.9. The van der Waals surface area contributed by atoms with Crippen LogP contribution in [0.3, 0.4) is 0 Å². The van der Waals surface area contributed by atoms with Gasteiger partial charge in [-0.3, -0.25) is 4.79 Å². The molecule has 0 aliphatic carbocycles. The van der Waals surface area contributed by atoms with Gasteiger partial charge >= 0.3 is 12.4 Å². The standard InChI is InChI=1S/C24H24F8N2O/c1-34(13-15-9-17(23(27,28)29)11-18(10-15)24(30,31)32)21(35)12-20(16-3-5-19(25)6-4-16)22(26)7-2-8-33-14-22/h3-6,9-11,20,33H,2,7-8,12-14H2,1H3. The number of hydrogen-bond acceptors (Lipinski definition) is 2. The number of carbonyl (C=O) groups excluding carboxylic acids is 1. The van der Waals surface area contributed by atoms with Gasteiger partial charge in [-0.25, -0.2) is 8.78 Å². The Morgan fingerprint density at radius 2 is 1.60 bits per heavy atom. The number of alkyl halides is 7. The van der Waals surface area contributed by atoms with Crippen molar-refractivity contribution in [1.29, 1.82) is 0 Å². The van der Waals surface area contributed by atoms with E-state index in [4.69, 9.17) is 0 Å². The summed E-state index contributed by atoms with van der Waals surface area (Å²) in [5.74, 6) is -2.21. The van der Waals surface area contributed by atoms with Crippen LogP contribution in [0, 0.1) is 5.82 Å². The number of benzene rings is 2. The number of amides is 1. The molecule has 1 aliphatic heterocycles. The monoisotopic (exact) mass is 508 g/mol. The van der Waals surface area contributed by atoms with Crippen molar-refractivity contribution < 1.29 is 39.9 Å². The van der Waals surface area contributed by atoms with E-state index in [2.05, 4.69) is 5.32 Å². The molecule has 35 heavy (non-hydrogen) atoms. The van der Waals surface area contributed by atoms with E-state index in [1.54, 1.807) is 0 Å². The van der Waals surface area contributed by atoms with E-state index in [-0.39, 0.29) is 24.6 Å². The minimum Gasteiger partial charge on any atom is -0.341 e. The predicted octanol–water partition coefficient (Wildman–Crippen LogP) is 6.09. The Bertz CT molecular complexity index is 995. The lowest BCUT2D eigenvalue weighted by Gasteiger charge is -2.38. The van der Waals surface area contributed by atoms with Crippen LogP contribution in [0.4, 0.5) is 35.1 Å². The van der Waals surface area contributed by atoms with Gasteiger partial charge in [0.2, 0.25) is 5.91 Å². The lowest BCUT2D eigenvalue weighted by atomic mass is 9.76. The third kappa shape index (κ3) is 6.71. The fourth-order valence-corrected chi connectivity index (χ4v) is 4.29. The molecule has 3 nitrogen and oxygen atoms in total. The fraction of sp³-hybridized carbons (Fsp3) is 0.458. The first-order chi connectivity index (χ1) is 16.2. The van der Waals surface area contributed by atoms with E-state index >= 15 is 4.39 Å². The molecule has 192 valence electrons. The van der Waals surface area contributed by atoms with E-state index in [0.29, 0.717) is 30.7 Å². The minimum atomic E-state index is -5.01. The van der Waals surface area contributed by atoms with Crippen LogP contribution in [0.1, 0.15) is 47.4 Å². The third-order valence-corrected chi connectivity index (χ3v) is 6.13. The van der Waals surface area contributed by atoms with Crippen LogP contribution in [-0.2, 0) is 23.7 Å². The van der Waals surface area contributed by atoms with Gasteiger partial charge < -0.3 is 10.2 Å². The minimum absolute atomic E-state index is 0.0127. The van der Waals surface area contributed by atoms with Gasteiger partial charge in [-0.15, -0.1) is 0 Å². The Kier molecular flexibility index (Phi) is 7.78. The molecule has 1 N–H and O–H groups in total. The predicted molar refractivity (Wildman–Crippen MR) is 113 cm³/mol. The molecule has 1 amide bonds. The zero-order chi connectivity index (χ0) is 26.0. The number of carbonyl (C=O) groups is 1. The number of nitrogens with one attached hydrogen (secondary N) is 1. The maximum Gasteiger partial charge on any atom is 0.416 e. The van der Waals surface area contributed by atoms with Crippen LogP contribution in [0.25, 0.3) is 0 Å². The first-order valence-corrected chi connectivity index (χ1v) is 10.9. The van der Waals surface area contributed by atoms with Crippen molar-refractivity contribution >= 4 is 5.91 Å². The topological polar surface area (TPSA) is 32.3 Å². The molecule has 1 saturated heterocycles. The first kappa shape index (κ1) is 26.9. The average Bonchev–Trinajstić information content (AvgIpc) is 2.77. The summed E-state index contributed by atoms with van der Waals surface area (Å²) in [5.41, 5.74) is -4.80. The normalized spacial score (nSPS) is 19.9. The zero-order valence-corrected chi connectivity index (χ0v) is 18.7. The van der Waals surface area contributed by atoms with Crippen molar-refractivity contribution in [2.45, 2.75) is 49.7 Å². The van der Waals surface area contributed by atoms with Crippen LogP contribution in [-0.4, -0.2) is 36.6 Å². The maximum absolute atomic E-state index is 15.9. The maximum atomic E-state index is 15.9. The number of halogens is 8. The lowest BCUT2D eigenvalue weighted by Crippen LogP contribution is -2.47. The highest BCUT2D eigenvalue weighted by molar-refractivity contribution is 5.77. The van der Waals surface area contributed by atoms with E-state index in [9.17, 15) is 35.5 Å². The molecule has 2 aromatic carbocycles. The Morgan fingerprint density at radius 1 is 1.03 bits per heavy atom. The Balaban J connectivity index is 1.85. The SMILES string of the molecule is CN(Cc1cc(C(F)(F)F)cc(C(F)(F)F)c1)C(=O)CC(c1ccc(F)cc1)C1(F)CCCNC1. The molecule has 2 atom stereocenters. The van der Waals surface area contributed by atoms with Crippen LogP contribution in [0.2, 0.25) is 0 Å². The molecule has 2 aromatic rings. The van der Waals surface area contributed by atoms with Gasteiger partial charge in [0, 0.05) is 32.5 Å². The molecular formula is C24H24F8N2O. The molecule has 3 rings (SSSR count). The van der Waals surface area contributed by atoms with Gasteiger partial charge in [-0.05, 0) is 60.8 Å². The van der Waals surface area contributed by atoms with Crippen LogP contribution < -0.4 is 5.32 Å². The molecule has 0 aromatic heterocycles. The molecule has 0 bridgehead atoms. The second-order valence-corrected chi connectivity index (χ2v) is 8.79. The van der Waals surface area contributed by atoms with Crippen molar-refractivity contribution in [3.8, 4) is 0 Å². The summed E-state index contributed by atoms with van der Waals surface area (Å²) in [7, 11) is 1.22. The summed E-state index contributed by atoms with van der Waals surface area (Å²) in [6.07, 6.45) is -9.78. The Morgan fingerprint density at radius 3 is 2.09 bits per heavy atom. The van der Waals surface area contributed by atoms with Crippen molar-refractivity contribution in [3.05, 3.63) is 70.5 Å². The second kappa shape index (κ2) is 10.1. The van der Waals surface area contributed by atoms with Crippen molar-refractivity contribution in [2.75, 3.05) is 20.1 Å². The molecule has 0 radical (unpaired) electrons. The van der Waals surface area contributed by atoms with Gasteiger partial charge in [0.25, 0.3) is 0 Å². The molecule has 0 saturated carbocycles. The summed E-state index contributed by atoms with van der Waals surface area (Å²) in [6, 6.07) is 6.13. The van der Waals surface area contributed by atoms with E-state index in [1.807, 2.05) is 0 Å². The second-order valence-electron chi connectivity index (χ2n) is 8.79. The summed E-state index contributed by atoms with van der Waals surface area (Å²) in [4.78, 5) is 13.9. The smallest absolute Gasteiger partial charge is 0.341 e. The van der Waals surface area contributed by atoms with Crippen LogP contribution in [0.15, 0.2) is 42.5 Å². The third-order valence-electron chi connectivity index (χ3n) is 6.13. The summed E-state index contributed by atoms with van der Waals surface area (Å²) < 4.78 is 108. The van der Waals surface area contributed by atoms with Gasteiger partial charge in [0.15, 0.2) is 0 Å². The summed E-state index contributed by atoms with van der Waals surface area (Å²) in [6.45, 7) is 0.000850. The fourth-order valence-electron chi connectivity index (χ4n) is 4.29. The molecular weight excluding hydrogens is 484 g/mol. The quantitative estimate of drug-likeness (QED) is 0.480. The van der Waals surface area contributed by atoms with Crippen molar-refractivity contribution in [1.82, 2.24) is 10.2 Å². The number of rotatable bonds is 6. The van der Waals surface area contributed by atoms with E-state index in [0.717, 1.165) is 17.0 Å². The highest BCUT2D eigenvalue weighted by atomic mass is 19.4. The molecule has 1 heterocycles. The summed E-state index contributed by atoms with van der Waals surface area (Å²) >= 11 is 0. The Hall–Kier alpha value is -2.69. The highest BCUT2D eigenvalue weighted by Crippen LogP contribution is 2.40. The van der Waals surface area contributed by atoms with Gasteiger partial charge in [0.1, 0.15) is 11.5 Å². The Labute approximate surface area is 197 Å². The number of piperidine rings is 1. The highest BCUT2D eigenvalue weighted by Gasteiger charge is 2.43. The molecule has 0 spiro atoms. The molecule has 1 fully saturated rings. The van der Waals surface area contributed by atoms with Crippen molar-refractivity contribution in [3.63, 3.8) is 0 Å². The lowest BCUT2D eigenvalue weighted by molar-refractivity contribution is -0.143. The summed E-state index contributed by atoms with van der Waals surface area (Å²) in [5, 5.41) is 2.93. The van der Waals surface area contributed by atoms with Gasteiger partial charge in [-0.2, -0.15) is 26.3 Å². The van der Waals surface area contributed by atoms with Crippen LogP contribution >= 0.6 is 0 Å². The molecule has 1 aliphatic rings. The number of nitrogens with zero attached hydrogens (tertiary/aromatic N) is 1. The number of hydrogen-bond donors (Lipinski definition) is 1. The molecule has 2 unspecified atom stereocenters. The van der Waals surface area contributed by atoms with Crippen molar-refractivity contribution in [2.24, 2.45) is 0 Å². The molecule has 11 heteroatoms. The largest absolute Gasteiger partial charge is 0.416 e. The van der Waals surface area contributed by atoms with E-state index < -0.39 is 59.8 Å². The van der Waals surface area contributed by atoms with E-state index in [1.165, 1.54) is 19.2 Å².